The zero-order valence-electron chi connectivity index (χ0n) is 11.7. The second-order valence-electron chi connectivity index (χ2n) is 4.78. The average molecular weight is 282 g/mol. The second-order valence-corrected chi connectivity index (χ2v) is 4.78. The topological polar surface area (TPSA) is 80.0 Å². The first-order valence-corrected chi connectivity index (χ1v) is 6.45. The molecule has 0 aliphatic carbocycles. The molecule has 1 amide bonds. The first-order chi connectivity index (χ1) is 10.1. The van der Waals surface area contributed by atoms with Gasteiger partial charge in [-0.15, -0.1) is 0 Å². The fourth-order valence-corrected chi connectivity index (χ4v) is 2.24. The van der Waals surface area contributed by atoms with E-state index in [0.29, 0.717) is 5.69 Å². The van der Waals surface area contributed by atoms with E-state index in [1.165, 1.54) is 6.07 Å². The Labute approximate surface area is 121 Å². The first kappa shape index (κ1) is 13.1. The first-order valence-electron chi connectivity index (χ1n) is 6.45. The second kappa shape index (κ2) is 4.90. The van der Waals surface area contributed by atoms with Crippen LogP contribution < -0.4 is 5.32 Å². The van der Waals surface area contributed by atoms with E-state index in [1.54, 1.807) is 29.1 Å². The number of nitrogens with one attached hydrogen (secondary N) is 1. The van der Waals surface area contributed by atoms with Crippen LogP contribution in [0.15, 0.2) is 36.5 Å². The molecule has 1 aromatic carbocycles. The summed E-state index contributed by atoms with van der Waals surface area (Å²) in [5, 5.41) is 17.6. The lowest BCUT2D eigenvalue weighted by atomic mass is 10.2. The standard InChI is InChI=1S/C15H14N4O2/c1-9-12-7-10(8-16-14(12)19(2)18-9)17-15(21)11-5-3-4-6-13(11)20/h3-8,20H,1-2H3,(H,17,21). The number of phenolic OH excluding ortho intramolecular Hbond substituents is 1. The van der Waals surface area contributed by atoms with Crippen molar-refractivity contribution in [2.75, 3.05) is 5.32 Å². The Morgan fingerprint density at radius 2 is 2.10 bits per heavy atom. The number of hydrogen-bond donors (Lipinski definition) is 2. The summed E-state index contributed by atoms with van der Waals surface area (Å²) in [5.74, 6) is -0.433. The van der Waals surface area contributed by atoms with Crippen molar-refractivity contribution < 1.29 is 9.90 Å². The number of benzene rings is 1. The Morgan fingerprint density at radius 3 is 2.86 bits per heavy atom. The van der Waals surface area contributed by atoms with Crippen molar-refractivity contribution in [3.05, 3.63) is 47.8 Å². The van der Waals surface area contributed by atoms with Gasteiger partial charge < -0.3 is 10.4 Å². The van der Waals surface area contributed by atoms with Gasteiger partial charge in [-0.3, -0.25) is 9.48 Å². The van der Waals surface area contributed by atoms with Crippen molar-refractivity contribution in [1.29, 1.82) is 0 Å². The van der Waals surface area contributed by atoms with E-state index in [9.17, 15) is 9.90 Å². The number of carbonyl (C=O) groups excluding carboxylic acids is 1. The SMILES string of the molecule is Cc1nn(C)c2ncc(NC(=O)c3ccccc3O)cc12. The zero-order valence-corrected chi connectivity index (χ0v) is 11.7. The minimum absolute atomic E-state index is 0.0541. The van der Waals surface area contributed by atoms with Gasteiger partial charge in [-0.1, -0.05) is 12.1 Å². The normalized spacial score (nSPS) is 10.8. The van der Waals surface area contributed by atoms with Gasteiger partial charge >= 0.3 is 0 Å². The third-order valence-corrected chi connectivity index (χ3v) is 3.27. The highest BCUT2D eigenvalue weighted by Crippen LogP contribution is 2.21. The van der Waals surface area contributed by atoms with Crippen molar-refractivity contribution in [2.45, 2.75) is 6.92 Å². The molecular weight excluding hydrogens is 268 g/mol. The van der Waals surface area contributed by atoms with Crippen LogP contribution in [0.25, 0.3) is 11.0 Å². The number of aromatic nitrogens is 3. The predicted molar refractivity (Wildman–Crippen MR) is 79.3 cm³/mol. The van der Waals surface area contributed by atoms with Crippen LogP contribution in [-0.2, 0) is 7.05 Å². The van der Waals surface area contributed by atoms with Crippen LogP contribution in [0.2, 0.25) is 0 Å². The average Bonchev–Trinajstić information content (AvgIpc) is 2.74. The van der Waals surface area contributed by atoms with Crippen LogP contribution in [-0.4, -0.2) is 25.8 Å². The summed E-state index contributed by atoms with van der Waals surface area (Å²) in [7, 11) is 1.82. The molecule has 0 radical (unpaired) electrons. The fraction of sp³-hybridized carbons (Fsp3) is 0.133. The van der Waals surface area contributed by atoms with E-state index >= 15 is 0 Å². The van der Waals surface area contributed by atoms with Crippen molar-refractivity contribution in [2.24, 2.45) is 7.05 Å². The van der Waals surface area contributed by atoms with E-state index in [1.807, 2.05) is 20.0 Å². The molecule has 0 fully saturated rings. The molecule has 6 heteroatoms. The van der Waals surface area contributed by atoms with Crippen LogP contribution in [0, 0.1) is 6.92 Å². The number of anilines is 1. The third-order valence-electron chi connectivity index (χ3n) is 3.27. The number of nitrogens with zero attached hydrogens (tertiary/aromatic N) is 3. The lowest BCUT2D eigenvalue weighted by Crippen LogP contribution is -2.12. The number of carbonyl (C=O) groups is 1. The molecule has 2 N–H and O–H groups in total. The summed E-state index contributed by atoms with van der Waals surface area (Å²) in [6.07, 6.45) is 1.57. The number of phenols is 1. The number of para-hydroxylation sites is 1. The Morgan fingerprint density at radius 1 is 1.33 bits per heavy atom. The fourth-order valence-electron chi connectivity index (χ4n) is 2.24. The summed E-state index contributed by atoms with van der Waals surface area (Å²) in [6, 6.07) is 8.22. The molecular formula is C15H14N4O2. The van der Waals surface area contributed by atoms with Gasteiger partial charge in [0, 0.05) is 12.4 Å². The van der Waals surface area contributed by atoms with Crippen LogP contribution in [0.1, 0.15) is 16.1 Å². The van der Waals surface area contributed by atoms with E-state index in [4.69, 9.17) is 0 Å². The highest BCUT2D eigenvalue weighted by molar-refractivity contribution is 6.06. The van der Waals surface area contributed by atoms with Gasteiger partial charge in [0.25, 0.3) is 5.91 Å². The van der Waals surface area contributed by atoms with Crippen LogP contribution >= 0.6 is 0 Å². The maximum atomic E-state index is 12.1. The summed E-state index contributed by atoms with van der Waals surface area (Å²) < 4.78 is 1.69. The van der Waals surface area contributed by atoms with E-state index in [-0.39, 0.29) is 17.2 Å². The number of rotatable bonds is 2. The number of hydrogen-bond acceptors (Lipinski definition) is 4. The van der Waals surface area contributed by atoms with Crippen LogP contribution in [0.3, 0.4) is 0 Å². The van der Waals surface area contributed by atoms with Gasteiger partial charge in [0.15, 0.2) is 5.65 Å². The number of amides is 1. The zero-order chi connectivity index (χ0) is 15.0. The molecule has 0 aliphatic heterocycles. The molecule has 2 aromatic heterocycles. The third kappa shape index (κ3) is 2.31. The number of aromatic hydroxyl groups is 1. The minimum atomic E-state index is -0.379. The molecule has 0 aliphatic rings. The van der Waals surface area contributed by atoms with Gasteiger partial charge in [0.1, 0.15) is 5.75 Å². The molecule has 0 unspecified atom stereocenters. The largest absolute Gasteiger partial charge is 0.507 e. The molecule has 0 atom stereocenters. The van der Waals surface area contributed by atoms with E-state index in [0.717, 1.165) is 16.7 Å². The van der Waals surface area contributed by atoms with Gasteiger partial charge in [-0.25, -0.2) is 4.98 Å². The molecule has 0 saturated heterocycles. The molecule has 0 spiro atoms. The lowest BCUT2D eigenvalue weighted by Gasteiger charge is -2.06. The monoisotopic (exact) mass is 282 g/mol. The van der Waals surface area contributed by atoms with Crippen molar-refractivity contribution in [3.63, 3.8) is 0 Å². The Kier molecular flexibility index (Phi) is 3.06. The maximum absolute atomic E-state index is 12.1. The summed E-state index contributed by atoms with van der Waals surface area (Å²) >= 11 is 0. The summed E-state index contributed by atoms with van der Waals surface area (Å²) in [5.41, 5.74) is 2.39. The van der Waals surface area contributed by atoms with Crippen LogP contribution in [0.5, 0.6) is 5.75 Å². The minimum Gasteiger partial charge on any atom is -0.507 e. The summed E-state index contributed by atoms with van der Waals surface area (Å²) in [6.45, 7) is 1.89. The summed E-state index contributed by atoms with van der Waals surface area (Å²) in [4.78, 5) is 16.4. The smallest absolute Gasteiger partial charge is 0.259 e. The lowest BCUT2D eigenvalue weighted by molar-refractivity contribution is 0.102. The highest BCUT2D eigenvalue weighted by atomic mass is 16.3. The predicted octanol–water partition coefficient (Wildman–Crippen LogP) is 2.23. The van der Waals surface area contributed by atoms with E-state index in [2.05, 4.69) is 15.4 Å². The molecule has 0 bridgehead atoms. The van der Waals surface area contributed by atoms with Crippen LogP contribution in [0.4, 0.5) is 5.69 Å². The molecule has 3 rings (SSSR count). The number of aryl methyl sites for hydroxylation is 2. The van der Waals surface area contributed by atoms with Gasteiger partial charge in [0.2, 0.25) is 0 Å². The van der Waals surface area contributed by atoms with Gasteiger partial charge in [0.05, 0.1) is 23.1 Å². The number of pyridine rings is 1. The molecule has 0 saturated carbocycles. The van der Waals surface area contributed by atoms with Gasteiger partial charge in [-0.2, -0.15) is 5.10 Å². The Hall–Kier alpha value is -2.89. The Bertz CT molecular complexity index is 839. The van der Waals surface area contributed by atoms with Gasteiger partial charge in [-0.05, 0) is 25.1 Å². The molecule has 6 nitrogen and oxygen atoms in total. The maximum Gasteiger partial charge on any atom is 0.259 e. The van der Waals surface area contributed by atoms with Crippen molar-refractivity contribution >= 4 is 22.6 Å². The highest BCUT2D eigenvalue weighted by Gasteiger charge is 2.12. The molecule has 2 heterocycles. The van der Waals surface area contributed by atoms with Crippen molar-refractivity contribution in [3.8, 4) is 5.75 Å². The molecule has 3 aromatic rings. The number of fused-ring (bicyclic) bond motifs is 1. The quantitative estimate of drug-likeness (QED) is 0.755. The van der Waals surface area contributed by atoms with E-state index < -0.39 is 0 Å². The molecule has 21 heavy (non-hydrogen) atoms. The van der Waals surface area contributed by atoms with Crippen molar-refractivity contribution in [1.82, 2.24) is 14.8 Å². The Balaban J connectivity index is 1.93. The molecule has 106 valence electrons.